The third-order valence-electron chi connectivity index (χ3n) is 5.71. The fraction of sp³-hybridized carbons (Fsp3) is 0.308. The van der Waals surface area contributed by atoms with Gasteiger partial charge in [0.25, 0.3) is 0 Å². The Bertz CT molecular complexity index is 1110. The average Bonchev–Trinajstić information content (AvgIpc) is 2.81. The molecule has 2 aromatic carbocycles. The van der Waals surface area contributed by atoms with E-state index in [0.29, 0.717) is 24.0 Å². The fourth-order valence-corrected chi connectivity index (χ4v) is 3.71. The van der Waals surface area contributed by atoms with Crippen LogP contribution in [0.15, 0.2) is 60.8 Å². The van der Waals surface area contributed by atoms with Gasteiger partial charge < -0.3 is 5.32 Å². The van der Waals surface area contributed by atoms with Gasteiger partial charge in [0, 0.05) is 19.3 Å². The van der Waals surface area contributed by atoms with E-state index in [-0.39, 0.29) is 17.8 Å². The van der Waals surface area contributed by atoms with Gasteiger partial charge in [0.15, 0.2) is 0 Å². The lowest BCUT2D eigenvalue weighted by Gasteiger charge is -2.26. The summed E-state index contributed by atoms with van der Waals surface area (Å²) in [6.45, 7) is 3.61. The van der Waals surface area contributed by atoms with Crippen molar-refractivity contribution in [3.05, 3.63) is 100 Å². The number of carbonyl (C=O) groups excluding carboxylic acids is 1. The summed E-state index contributed by atoms with van der Waals surface area (Å²) in [7, 11) is 1.55. The molecule has 1 amide bonds. The first kappa shape index (κ1) is 25.4. The highest BCUT2D eigenvalue weighted by atomic mass is 19.4. The van der Waals surface area contributed by atoms with E-state index in [2.05, 4.69) is 15.6 Å². The van der Waals surface area contributed by atoms with Gasteiger partial charge in [-0.25, -0.2) is 4.39 Å². The van der Waals surface area contributed by atoms with E-state index in [1.54, 1.807) is 26.1 Å². The van der Waals surface area contributed by atoms with Crippen molar-refractivity contribution < 1.29 is 22.4 Å². The van der Waals surface area contributed by atoms with Crippen molar-refractivity contribution in [3.63, 3.8) is 0 Å². The van der Waals surface area contributed by atoms with Crippen LogP contribution >= 0.6 is 0 Å². The molecule has 3 rings (SSSR count). The van der Waals surface area contributed by atoms with E-state index in [0.717, 1.165) is 22.8 Å². The molecule has 0 saturated heterocycles. The number of halogens is 4. The van der Waals surface area contributed by atoms with Crippen molar-refractivity contribution in [2.45, 2.75) is 44.9 Å². The lowest BCUT2D eigenvalue weighted by Crippen LogP contribution is -2.38. The molecule has 0 aliphatic carbocycles. The van der Waals surface area contributed by atoms with Gasteiger partial charge in [-0.3, -0.25) is 15.1 Å². The van der Waals surface area contributed by atoms with Gasteiger partial charge in [0.2, 0.25) is 5.91 Å². The molecule has 0 radical (unpaired) electrons. The summed E-state index contributed by atoms with van der Waals surface area (Å²) in [4.78, 5) is 16.3. The molecule has 8 heteroatoms. The highest BCUT2D eigenvalue weighted by Crippen LogP contribution is 2.29. The van der Waals surface area contributed by atoms with Crippen molar-refractivity contribution in [2.75, 3.05) is 7.05 Å². The Hall–Kier alpha value is -3.26. The van der Waals surface area contributed by atoms with E-state index in [4.69, 9.17) is 0 Å². The van der Waals surface area contributed by atoms with Gasteiger partial charge in [0.1, 0.15) is 17.6 Å². The Balaban J connectivity index is 1.88. The highest BCUT2D eigenvalue weighted by Gasteiger charge is 2.32. The van der Waals surface area contributed by atoms with E-state index in [9.17, 15) is 22.4 Å². The number of carbonyl (C=O) groups is 1. The molecule has 0 unspecified atom stereocenters. The third kappa shape index (κ3) is 6.41. The summed E-state index contributed by atoms with van der Waals surface area (Å²) in [6, 6.07) is 13.6. The first-order chi connectivity index (χ1) is 16.1. The largest absolute Gasteiger partial charge is 0.433 e. The molecule has 1 heterocycles. The maximum Gasteiger partial charge on any atom is 0.433 e. The van der Waals surface area contributed by atoms with Gasteiger partial charge in [0.05, 0.1) is 0 Å². The molecule has 0 spiro atoms. The number of likely N-dealkylation sites (N-methyl/N-ethyl adjacent to an activating group) is 1. The number of hydrogen-bond acceptors (Lipinski definition) is 3. The molecule has 180 valence electrons. The van der Waals surface area contributed by atoms with Crippen molar-refractivity contribution >= 4 is 5.91 Å². The Morgan fingerprint density at radius 2 is 1.68 bits per heavy atom. The lowest BCUT2D eigenvalue weighted by molar-refractivity contribution is -0.141. The van der Waals surface area contributed by atoms with Crippen LogP contribution < -0.4 is 10.6 Å². The Labute approximate surface area is 196 Å². The molecule has 0 saturated carbocycles. The van der Waals surface area contributed by atoms with Crippen LogP contribution in [0.4, 0.5) is 17.6 Å². The average molecular weight is 474 g/mol. The van der Waals surface area contributed by atoms with Crippen molar-refractivity contribution in [3.8, 4) is 0 Å². The number of aromatic nitrogens is 1. The zero-order chi connectivity index (χ0) is 24.9. The SMILES string of the molecule is CNC(=O)[C@H](N[C@@H](CCc1ccc(C(F)(F)F)nc1)c1ccc(F)c(C)c1)c1ccc(C)cc1. The summed E-state index contributed by atoms with van der Waals surface area (Å²) in [5.41, 5.74) is 2.75. The van der Waals surface area contributed by atoms with Crippen LogP contribution in [0.2, 0.25) is 0 Å². The number of amides is 1. The Morgan fingerprint density at radius 3 is 2.24 bits per heavy atom. The summed E-state index contributed by atoms with van der Waals surface area (Å²) in [5.74, 6) is -0.570. The van der Waals surface area contributed by atoms with E-state index in [1.165, 1.54) is 18.3 Å². The first-order valence-corrected chi connectivity index (χ1v) is 10.9. The molecule has 3 aromatic rings. The fourth-order valence-electron chi connectivity index (χ4n) is 3.71. The monoisotopic (exact) mass is 473 g/mol. The standard InChI is InChI=1S/C26H27F4N3O/c1-16-4-8-19(9-5-16)24(25(34)31-3)33-22(20-10-11-21(27)17(2)14-20)12-6-18-7-13-23(32-15-18)26(28,29)30/h4-5,7-11,13-15,22,24,33H,6,12H2,1-3H3,(H,31,34)/t22-,24+/m0/s1. The number of benzene rings is 2. The van der Waals surface area contributed by atoms with Crippen LogP contribution in [0.25, 0.3) is 0 Å². The summed E-state index contributed by atoms with van der Waals surface area (Å²) in [6.07, 6.45) is -2.42. The van der Waals surface area contributed by atoms with Crippen molar-refractivity contribution in [1.82, 2.24) is 15.6 Å². The summed E-state index contributed by atoms with van der Waals surface area (Å²) in [5, 5.41) is 6.05. The van der Waals surface area contributed by atoms with Gasteiger partial charge in [-0.1, -0.05) is 48.0 Å². The molecular weight excluding hydrogens is 446 g/mol. The minimum Gasteiger partial charge on any atom is -0.358 e. The van der Waals surface area contributed by atoms with Crippen LogP contribution in [-0.4, -0.2) is 17.9 Å². The lowest BCUT2D eigenvalue weighted by atomic mass is 9.95. The first-order valence-electron chi connectivity index (χ1n) is 10.9. The molecular formula is C26H27F4N3O. The minimum absolute atomic E-state index is 0.233. The van der Waals surface area contributed by atoms with Crippen molar-refractivity contribution in [1.29, 1.82) is 0 Å². The number of nitrogens with zero attached hydrogens (tertiary/aromatic N) is 1. The Morgan fingerprint density at radius 1 is 1.00 bits per heavy atom. The molecule has 2 N–H and O–H groups in total. The van der Waals surface area contributed by atoms with Gasteiger partial charge in [-0.05, 0) is 61.1 Å². The van der Waals surface area contributed by atoms with E-state index < -0.39 is 17.9 Å². The van der Waals surface area contributed by atoms with Gasteiger partial charge in [-0.2, -0.15) is 13.2 Å². The van der Waals surface area contributed by atoms with Crippen LogP contribution in [-0.2, 0) is 17.4 Å². The minimum atomic E-state index is -4.50. The molecule has 0 bridgehead atoms. The number of pyridine rings is 1. The van der Waals surface area contributed by atoms with Crippen molar-refractivity contribution in [2.24, 2.45) is 0 Å². The number of alkyl halides is 3. The van der Waals surface area contributed by atoms with Crippen LogP contribution in [0.5, 0.6) is 0 Å². The molecule has 2 atom stereocenters. The van der Waals surface area contributed by atoms with Gasteiger partial charge >= 0.3 is 6.18 Å². The molecule has 4 nitrogen and oxygen atoms in total. The van der Waals surface area contributed by atoms with Crippen LogP contribution in [0.1, 0.15) is 52.0 Å². The second kappa shape index (κ2) is 10.8. The van der Waals surface area contributed by atoms with Gasteiger partial charge in [-0.15, -0.1) is 0 Å². The second-order valence-corrected chi connectivity index (χ2v) is 8.27. The normalized spacial score (nSPS) is 13.4. The highest BCUT2D eigenvalue weighted by molar-refractivity contribution is 5.83. The van der Waals surface area contributed by atoms with Crippen LogP contribution in [0.3, 0.4) is 0 Å². The zero-order valence-corrected chi connectivity index (χ0v) is 19.2. The third-order valence-corrected chi connectivity index (χ3v) is 5.71. The summed E-state index contributed by atoms with van der Waals surface area (Å²) >= 11 is 0. The Kier molecular flexibility index (Phi) is 8.04. The topological polar surface area (TPSA) is 54.0 Å². The second-order valence-electron chi connectivity index (χ2n) is 8.27. The van der Waals surface area contributed by atoms with Crippen LogP contribution in [0, 0.1) is 19.7 Å². The number of rotatable bonds is 8. The number of aryl methyl sites for hydroxylation is 3. The predicted molar refractivity (Wildman–Crippen MR) is 123 cm³/mol. The maximum atomic E-state index is 13.9. The quantitative estimate of drug-likeness (QED) is 0.419. The van der Waals surface area contributed by atoms with E-state index >= 15 is 0 Å². The zero-order valence-electron chi connectivity index (χ0n) is 19.2. The smallest absolute Gasteiger partial charge is 0.358 e. The maximum absolute atomic E-state index is 13.9. The molecule has 0 aliphatic heterocycles. The molecule has 34 heavy (non-hydrogen) atoms. The molecule has 0 fully saturated rings. The predicted octanol–water partition coefficient (Wildman–Crippen LogP) is 5.61. The molecule has 0 aliphatic rings. The number of hydrogen-bond donors (Lipinski definition) is 2. The molecule has 1 aromatic heterocycles. The summed E-state index contributed by atoms with van der Waals surface area (Å²) < 4.78 is 52.4. The van der Waals surface area contributed by atoms with E-state index in [1.807, 2.05) is 31.2 Å². The number of nitrogens with one attached hydrogen (secondary N) is 2.